The molecular formula is C17H24F3N3O2. The maximum atomic E-state index is 13.1. The normalized spacial score (nSPS) is 25.6. The van der Waals surface area contributed by atoms with E-state index in [1.165, 1.54) is 0 Å². The lowest BCUT2D eigenvalue weighted by Gasteiger charge is -2.30. The molecule has 0 radical (unpaired) electrons. The van der Waals surface area contributed by atoms with Crippen LogP contribution in [0.4, 0.5) is 19.0 Å². The number of alkyl halides is 3. The van der Waals surface area contributed by atoms with Crippen molar-refractivity contribution in [3.05, 3.63) is 23.4 Å². The van der Waals surface area contributed by atoms with Crippen molar-refractivity contribution in [3.63, 3.8) is 0 Å². The van der Waals surface area contributed by atoms with Gasteiger partial charge in [0.05, 0.1) is 18.8 Å². The topological polar surface area (TPSA) is 48.8 Å². The minimum absolute atomic E-state index is 0.0312. The third kappa shape index (κ3) is 4.43. The predicted octanol–water partition coefficient (Wildman–Crippen LogP) is 1.79. The number of aliphatic hydroxyl groups is 1. The minimum Gasteiger partial charge on any atom is -0.396 e. The summed E-state index contributed by atoms with van der Waals surface area (Å²) in [5.74, 6) is 0.592. The molecule has 1 aromatic heterocycles. The predicted molar refractivity (Wildman–Crippen MR) is 87.5 cm³/mol. The third-order valence-electron chi connectivity index (χ3n) is 5.00. The molecule has 0 unspecified atom stereocenters. The lowest BCUT2D eigenvalue weighted by Crippen LogP contribution is -2.41. The highest BCUT2D eigenvalue weighted by atomic mass is 19.4. The SMILES string of the molecule is Cc1cc(C(F)(F)F)cc(N2C[C@@H](CN3CCOCC3)[C@@H](CO)C2)n1. The van der Waals surface area contributed by atoms with E-state index >= 15 is 0 Å². The Labute approximate surface area is 145 Å². The summed E-state index contributed by atoms with van der Waals surface area (Å²) in [5.41, 5.74) is -0.325. The first-order valence-corrected chi connectivity index (χ1v) is 8.58. The average Bonchev–Trinajstić information content (AvgIpc) is 2.97. The fraction of sp³-hybridized carbons (Fsp3) is 0.706. The lowest BCUT2D eigenvalue weighted by atomic mass is 9.96. The van der Waals surface area contributed by atoms with Crippen LogP contribution in [0.15, 0.2) is 12.1 Å². The monoisotopic (exact) mass is 359 g/mol. The number of aryl methyl sites for hydroxylation is 1. The number of halogens is 3. The Balaban J connectivity index is 1.74. The van der Waals surface area contributed by atoms with Crippen molar-refractivity contribution in [1.82, 2.24) is 9.88 Å². The van der Waals surface area contributed by atoms with Crippen LogP contribution < -0.4 is 4.90 Å². The fourth-order valence-corrected chi connectivity index (χ4v) is 3.63. The molecule has 3 heterocycles. The zero-order valence-corrected chi connectivity index (χ0v) is 14.3. The number of ether oxygens (including phenoxy) is 1. The molecule has 3 rings (SSSR count). The van der Waals surface area contributed by atoms with Gasteiger partial charge < -0.3 is 14.7 Å². The second kappa shape index (κ2) is 7.47. The van der Waals surface area contributed by atoms with Gasteiger partial charge in [-0.05, 0) is 25.0 Å². The molecule has 0 bridgehead atoms. The summed E-state index contributed by atoms with van der Waals surface area (Å²) in [4.78, 5) is 8.46. The molecule has 0 aromatic carbocycles. The van der Waals surface area contributed by atoms with Crippen molar-refractivity contribution < 1.29 is 23.0 Å². The Morgan fingerprint density at radius 3 is 2.52 bits per heavy atom. The average molecular weight is 359 g/mol. The van der Waals surface area contributed by atoms with Gasteiger partial charge in [-0.2, -0.15) is 13.2 Å². The summed E-state index contributed by atoms with van der Waals surface area (Å²) in [6.45, 7) is 6.68. The van der Waals surface area contributed by atoms with Crippen molar-refractivity contribution in [2.45, 2.75) is 13.1 Å². The van der Waals surface area contributed by atoms with Gasteiger partial charge in [0, 0.05) is 50.9 Å². The Kier molecular flexibility index (Phi) is 5.50. The Hall–Kier alpha value is -1.38. The van der Waals surface area contributed by atoms with Crippen LogP contribution in [-0.4, -0.2) is 67.5 Å². The highest BCUT2D eigenvalue weighted by Gasteiger charge is 2.36. The number of nitrogens with zero attached hydrogens (tertiary/aromatic N) is 3. The van der Waals surface area contributed by atoms with Gasteiger partial charge in [-0.3, -0.25) is 4.90 Å². The van der Waals surface area contributed by atoms with Crippen LogP contribution in [0.25, 0.3) is 0 Å². The van der Waals surface area contributed by atoms with Gasteiger partial charge in [-0.1, -0.05) is 0 Å². The standard InChI is InChI=1S/C17H24F3N3O2/c1-12-6-15(17(18,19)20)7-16(21-12)23-9-13(14(10-23)11-24)8-22-2-4-25-5-3-22/h6-7,13-14,24H,2-5,8-11H2,1H3/t13-,14-/m1/s1. The Morgan fingerprint density at radius 2 is 1.88 bits per heavy atom. The summed E-state index contributed by atoms with van der Waals surface area (Å²) in [6, 6.07) is 2.17. The van der Waals surface area contributed by atoms with Crippen molar-refractivity contribution in [2.75, 3.05) is 57.4 Å². The number of hydrogen-bond acceptors (Lipinski definition) is 5. The van der Waals surface area contributed by atoms with Crippen LogP contribution in [-0.2, 0) is 10.9 Å². The van der Waals surface area contributed by atoms with Crippen molar-refractivity contribution in [3.8, 4) is 0 Å². The summed E-state index contributed by atoms with van der Waals surface area (Å²) in [6.07, 6.45) is -4.38. The molecule has 5 nitrogen and oxygen atoms in total. The molecule has 0 amide bonds. The number of pyridine rings is 1. The molecule has 2 atom stereocenters. The van der Waals surface area contributed by atoms with Gasteiger partial charge in [0.2, 0.25) is 0 Å². The first-order valence-electron chi connectivity index (χ1n) is 8.58. The van der Waals surface area contributed by atoms with Gasteiger partial charge >= 0.3 is 6.18 Å². The number of anilines is 1. The van der Waals surface area contributed by atoms with Gasteiger partial charge in [0.1, 0.15) is 5.82 Å². The molecule has 2 fully saturated rings. The van der Waals surface area contributed by atoms with E-state index in [1.54, 1.807) is 6.92 Å². The van der Waals surface area contributed by atoms with E-state index in [2.05, 4.69) is 9.88 Å². The molecule has 0 saturated carbocycles. The van der Waals surface area contributed by atoms with Crippen LogP contribution in [0.5, 0.6) is 0 Å². The Bertz CT molecular complexity index is 591. The van der Waals surface area contributed by atoms with Crippen molar-refractivity contribution in [1.29, 1.82) is 0 Å². The van der Waals surface area contributed by atoms with E-state index in [4.69, 9.17) is 4.74 Å². The summed E-state index contributed by atoms with van der Waals surface area (Å²) in [5, 5.41) is 9.70. The van der Waals surface area contributed by atoms with E-state index < -0.39 is 11.7 Å². The largest absolute Gasteiger partial charge is 0.416 e. The second-order valence-electron chi connectivity index (χ2n) is 6.87. The smallest absolute Gasteiger partial charge is 0.396 e. The van der Waals surface area contributed by atoms with E-state index in [-0.39, 0.29) is 18.4 Å². The summed E-state index contributed by atoms with van der Waals surface area (Å²) < 4.78 is 44.5. The molecule has 140 valence electrons. The molecule has 8 heteroatoms. The van der Waals surface area contributed by atoms with E-state index in [0.717, 1.165) is 31.8 Å². The summed E-state index contributed by atoms with van der Waals surface area (Å²) in [7, 11) is 0. The molecule has 1 aromatic rings. The maximum Gasteiger partial charge on any atom is 0.416 e. The number of morpholine rings is 1. The highest BCUT2D eigenvalue weighted by Crippen LogP contribution is 2.34. The molecular weight excluding hydrogens is 335 g/mol. The van der Waals surface area contributed by atoms with E-state index in [9.17, 15) is 18.3 Å². The van der Waals surface area contributed by atoms with Crippen molar-refractivity contribution in [2.24, 2.45) is 11.8 Å². The van der Waals surface area contributed by atoms with Crippen LogP contribution in [0.2, 0.25) is 0 Å². The first-order chi connectivity index (χ1) is 11.9. The fourth-order valence-electron chi connectivity index (χ4n) is 3.63. The summed E-state index contributed by atoms with van der Waals surface area (Å²) >= 11 is 0. The van der Waals surface area contributed by atoms with E-state index in [1.807, 2.05) is 4.90 Å². The lowest BCUT2D eigenvalue weighted by molar-refractivity contribution is -0.137. The Morgan fingerprint density at radius 1 is 1.20 bits per heavy atom. The molecule has 2 saturated heterocycles. The number of hydrogen-bond donors (Lipinski definition) is 1. The molecule has 2 aliphatic heterocycles. The minimum atomic E-state index is -4.38. The maximum absolute atomic E-state index is 13.1. The van der Waals surface area contributed by atoms with Crippen LogP contribution in [0, 0.1) is 18.8 Å². The van der Waals surface area contributed by atoms with Gasteiger partial charge in [-0.25, -0.2) is 4.98 Å². The van der Waals surface area contributed by atoms with Crippen LogP contribution in [0.3, 0.4) is 0 Å². The van der Waals surface area contributed by atoms with E-state index in [0.29, 0.717) is 37.8 Å². The first kappa shape index (κ1) is 18.4. The van der Waals surface area contributed by atoms with Crippen LogP contribution >= 0.6 is 0 Å². The molecule has 0 spiro atoms. The zero-order chi connectivity index (χ0) is 18.0. The second-order valence-corrected chi connectivity index (χ2v) is 6.87. The molecule has 1 N–H and O–H groups in total. The van der Waals surface area contributed by atoms with Gasteiger partial charge in [0.25, 0.3) is 0 Å². The van der Waals surface area contributed by atoms with Crippen LogP contribution in [0.1, 0.15) is 11.3 Å². The van der Waals surface area contributed by atoms with Gasteiger partial charge in [-0.15, -0.1) is 0 Å². The third-order valence-corrected chi connectivity index (χ3v) is 5.00. The number of rotatable bonds is 4. The van der Waals surface area contributed by atoms with Gasteiger partial charge in [0.15, 0.2) is 0 Å². The zero-order valence-electron chi connectivity index (χ0n) is 14.3. The molecule has 2 aliphatic rings. The number of aromatic nitrogens is 1. The quantitative estimate of drug-likeness (QED) is 0.888. The number of aliphatic hydroxyl groups excluding tert-OH is 1. The molecule has 25 heavy (non-hydrogen) atoms. The highest BCUT2D eigenvalue weighted by molar-refractivity contribution is 5.45. The van der Waals surface area contributed by atoms with Crippen molar-refractivity contribution >= 4 is 5.82 Å². The molecule has 0 aliphatic carbocycles.